The summed E-state index contributed by atoms with van der Waals surface area (Å²) in [6, 6.07) is 4.49. The maximum Gasteiger partial charge on any atom is 0.178 e. The van der Waals surface area contributed by atoms with Crippen molar-refractivity contribution in [3.05, 3.63) is 29.8 Å². The van der Waals surface area contributed by atoms with Gasteiger partial charge in [0.25, 0.3) is 0 Å². The van der Waals surface area contributed by atoms with E-state index in [9.17, 15) is 0 Å². The molecule has 0 spiro atoms. The zero-order chi connectivity index (χ0) is 18.5. The summed E-state index contributed by atoms with van der Waals surface area (Å²) in [7, 11) is 4.02. The van der Waals surface area contributed by atoms with E-state index in [0.29, 0.717) is 6.04 Å². The molecule has 1 fully saturated rings. The van der Waals surface area contributed by atoms with Crippen molar-refractivity contribution < 1.29 is 0 Å². The Kier molecular flexibility index (Phi) is 3.91. The van der Waals surface area contributed by atoms with E-state index in [1.807, 2.05) is 29.9 Å². The van der Waals surface area contributed by atoms with E-state index in [2.05, 4.69) is 58.1 Å². The van der Waals surface area contributed by atoms with E-state index in [4.69, 9.17) is 5.10 Å². The fourth-order valence-corrected chi connectivity index (χ4v) is 3.19. The van der Waals surface area contributed by atoms with E-state index < -0.39 is 0 Å². The van der Waals surface area contributed by atoms with Crippen LogP contribution in [0.2, 0.25) is 0 Å². The number of anilines is 1. The topological polar surface area (TPSA) is 80.3 Å². The Morgan fingerprint density at radius 3 is 2.58 bits per heavy atom. The molecule has 1 aliphatic heterocycles. The third-order valence-corrected chi connectivity index (χ3v) is 4.79. The maximum absolute atomic E-state index is 4.78. The first-order chi connectivity index (χ1) is 12.3. The highest BCUT2D eigenvalue weighted by Gasteiger charge is 2.32. The van der Waals surface area contributed by atoms with Crippen LogP contribution in [0.3, 0.4) is 0 Å². The number of hydrogen-bond donors (Lipinski definition) is 0. The van der Waals surface area contributed by atoms with Crippen LogP contribution < -0.4 is 4.90 Å². The van der Waals surface area contributed by atoms with Gasteiger partial charge in [0.2, 0.25) is 0 Å². The standard InChI is InChI=1S/C17H25N9/c1-17(2,3)16-20-19-14-6-7-15(21-26(14)16)25-10-13(11-25)23(4)8-12-9-24(5)22-18-12/h6-7,9,13H,8,10-11H2,1-5H3. The number of aromatic nitrogens is 7. The Balaban J connectivity index is 1.45. The van der Waals surface area contributed by atoms with Gasteiger partial charge in [-0.3, -0.25) is 9.58 Å². The quantitative estimate of drug-likeness (QED) is 0.687. The van der Waals surface area contributed by atoms with Crippen LogP contribution in [-0.2, 0) is 19.0 Å². The summed E-state index contributed by atoms with van der Waals surface area (Å²) >= 11 is 0. The van der Waals surface area contributed by atoms with Crippen LogP contribution in [0.1, 0.15) is 32.3 Å². The molecule has 0 bridgehead atoms. The van der Waals surface area contributed by atoms with Gasteiger partial charge in [-0.2, -0.15) is 4.52 Å². The van der Waals surface area contributed by atoms with Crippen molar-refractivity contribution in [2.45, 2.75) is 38.8 Å². The molecule has 26 heavy (non-hydrogen) atoms. The van der Waals surface area contributed by atoms with Gasteiger partial charge in [-0.1, -0.05) is 26.0 Å². The molecule has 0 aromatic carbocycles. The molecule has 1 aliphatic rings. The molecule has 0 N–H and O–H groups in total. The highest BCUT2D eigenvalue weighted by Crippen LogP contribution is 2.25. The third-order valence-electron chi connectivity index (χ3n) is 4.79. The smallest absolute Gasteiger partial charge is 0.178 e. The van der Waals surface area contributed by atoms with Crippen LogP contribution in [0.25, 0.3) is 5.65 Å². The molecular weight excluding hydrogens is 330 g/mol. The van der Waals surface area contributed by atoms with Crippen LogP contribution in [-0.4, -0.2) is 65.9 Å². The molecule has 9 heteroatoms. The Bertz CT molecular complexity index is 914. The lowest BCUT2D eigenvalue weighted by Crippen LogP contribution is -2.58. The molecule has 0 amide bonds. The minimum atomic E-state index is -0.0978. The molecule has 3 aromatic heterocycles. The average molecular weight is 355 g/mol. The van der Waals surface area contributed by atoms with Crippen molar-refractivity contribution >= 4 is 11.5 Å². The molecule has 0 radical (unpaired) electrons. The van der Waals surface area contributed by atoms with Gasteiger partial charge in [-0.15, -0.1) is 20.4 Å². The summed E-state index contributed by atoms with van der Waals surface area (Å²) in [6.45, 7) is 9.07. The number of rotatable bonds is 4. The first-order valence-corrected chi connectivity index (χ1v) is 8.84. The van der Waals surface area contributed by atoms with Crippen molar-refractivity contribution in [3.63, 3.8) is 0 Å². The van der Waals surface area contributed by atoms with Crippen molar-refractivity contribution in [2.24, 2.45) is 7.05 Å². The SMILES string of the molecule is CN(Cc1cn(C)nn1)C1CN(c2ccc3nnc(C(C)(C)C)n3n2)C1. The summed E-state index contributed by atoms with van der Waals surface area (Å²) in [4.78, 5) is 4.60. The van der Waals surface area contributed by atoms with Crippen LogP contribution in [0, 0.1) is 0 Å². The highest BCUT2D eigenvalue weighted by atomic mass is 15.4. The molecule has 0 aliphatic carbocycles. The first-order valence-electron chi connectivity index (χ1n) is 8.84. The van der Waals surface area contributed by atoms with Gasteiger partial charge in [-0.25, -0.2) is 0 Å². The zero-order valence-corrected chi connectivity index (χ0v) is 16.0. The number of nitrogens with zero attached hydrogens (tertiary/aromatic N) is 9. The molecule has 9 nitrogen and oxygen atoms in total. The molecule has 3 aromatic rings. The summed E-state index contributed by atoms with van der Waals surface area (Å²) in [5, 5.41) is 21.5. The molecule has 1 saturated heterocycles. The monoisotopic (exact) mass is 355 g/mol. The zero-order valence-electron chi connectivity index (χ0n) is 16.0. The van der Waals surface area contributed by atoms with Gasteiger partial charge < -0.3 is 4.90 Å². The number of fused-ring (bicyclic) bond motifs is 1. The van der Waals surface area contributed by atoms with Gasteiger partial charge in [-0.05, 0) is 19.2 Å². The van der Waals surface area contributed by atoms with Crippen molar-refractivity contribution in [1.29, 1.82) is 0 Å². The van der Waals surface area contributed by atoms with E-state index in [0.717, 1.165) is 42.6 Å². The molecule has 138 valence electrons. The van der Waals surface area contributed by atoms with Crippen molar-refractivity contribution in [2.75, 3.05) is 25.0 Å². The molecular formula is C17H25N9. The molecule has 0 atom stereocenters. The summed E-state index contributed by atoms with van der Waals surface area (Å²) < 4.78 is 3.60. The fraction of sp³-hybridized carbons (Fsp3) is 0.588. The van der Waals surface area contributed by atoms with E-state index in [1.54, 1.807) is 4.68 Å². The summed E-state index contributed by atoms with van der Waals surface area (Å²) in [5.74, 6) is 1.85. The molecule has 4 heterocycles. The lowest BCUT2D eigenvalue weighted by molar-refractivity contribution is 0.194. The van der Waals surface area contributed by atoms with Crippen molar-refractivity contribution in [3.8, 4) is 0 Å². The van der Waals surface area contributed by atoms with Gasteiger partial charge in [0.05, 0.1) is 5.69 Å². The second kappa shape index (κ2) is 6.01. The predicted octanol–water partition coefficient (Wildman–Crippen LogP) is 0.871. The molecule has 0 unspecified atom stereocenters. The largest absolute Gasteiger partial charge is 0.352 e. The van der Waals surface area contributed by atoms with Gasteiger partial charge in [0.1, 0.15) is 5.82 Å². The number of aryl methyl sites for hydroxylation is 1. The molecule has 0 saturated carbocycles. The Hall–Kier alpha value is -2.55. The second-order valence-electron chi connectivity index (χ2n) is 8.09. The summed E-state index contributed by atoms with van der Waals surface area (Å²) in [5.41, 5.74) is 1.68. The van der Waals surface area contributed by atoms with Crippen LogP contribution in [0.4, 0.5) is 5.82 Å². The maximum atomic E-state index is 4.78. The predicted molar refractivity (Wildman–Crippen MR) is 98.0 cm³/mol. The number of likely N-dealkylation sites (N-methyl/N-ethyl adjacent to an activating group) is 1. The Morgan fingerprint density at radius 2 is 1.92 bits per heavy atom. The van der Waals surface area contributed by atoms with Crippen LogP contribution in [0.5, 0.6) is 0 Å². The Labute approximate surface area is 152 Å². The normalized spacial score (nSPS) is 15.8. The average Bonchev–Trinajstić information content (AvgIpc) is 3.11. The second-order valence-corrected chi connectivity index (χ2v) is 8.09. The van der Waals surface area contributed by atoms with E-state index in [1.165, 1.54) is 0 Å². The third kappa shape index (κ3) is 3.03. The van der Waals surface area contributed by atoms with Gasteiger partial charge in [0, 0.05) is 44.3 Å². The van der Waals surface area contributed by atoms with Crippen LogP contribution in [0.15, 0.2) is 18.3 Å². The fourth-order valence-electron chi connectivity index (χ4n) is 3.19. The minimum absolute atomic E-state index is 0.0978. The Morgan fingerprint density at radius 1 is 1.15 bits per heavy atom. The van der Waals surface area contributed by atoms with Gasteiger partial charge in [0.15, 0.2) is 11.5 Å². The van der Waals surface area contributed by atoms with Crippen LogP contribution >= 0.6 is 0 Å². The van der Waals surface area contributed by atoms with Crippen molar-refractivity contribution in [1.82, 2.24) is 39.7 Å². The highest BCUT2D eigenvalue weighted by molar-refractivity contribution is 5.48. The summed E-state index contributed by atoms with van der Waals surface area (Å²) in [6.07, 6.45) is 1.96. The lowest BCUT2D eigenvalue weighted by Gasteiger charge is -2.44. The van der Waals surface area contributed by atoms with E-state index >= 15 is 0 Å². The van der Waals surface area contributed by atoms with Gasteiger partial charge >= 0.3 is 0 Å². The molecule has 4 rings (SSSR count). The first kappa shape index (κ1) is 16.9. The number of hydrogen-bond acceptors (Lipinski definition) is 7. The minimum Gasteiger partial charge on any atom is -0.352 e. The van der Waals surface area contributed by atoms with E-state index in [-0.39, 0.29) is 5.41 Å². The lowest BCUT2D eigenvalue weighted by atomic mass is 9.96.